The summed E-state index contributed by atoms with van der Waals surface area (Å²) in [6.07, 6.45) is 0. The number of guanidine groups is 1. The second-order valence-corrected chi connectivity index (χ2v) is 6.57. The van der Waals surface area contributed by atoms with Crippen molar-refractivity contribution in [3.63, 3.8) is 0 Å². The summed E-state index contributed by atoms with van der Waals surface area (Å²) in [6.45, 7) is -2.45. The third kappa shape index (κ3) is 3.30. The zero-order valence-corrected chi connectivity index (χ0v) is 14.8. The lowest BCUT2D eigenvalue weighted by atomic mass is 9.83. The summed E-state index contributed by atoms with van der Waals surface area (Å²) in [6, 6.07) is 10.8. The number of ether oxygens (including phenoxy) is 1. The summed E-state index contributed by atoms with van der Waals surface area (Å²) in [5, 5.41) is 0. The van der Waals surface area contributed by atoms with E-state index in [1.165, 1.54) is 18.2 Å². The molecule has 0 unspecified atom stereocenters. The van der Waals surface area contributed by atoms with Crippen LogP contribution in [0.15, 0.2) is 51.9 Å². The Morgan fingerprint density at radius 2 is 1.84 bits per heavy atom. The summed E-state index contributed by atoms with van der Waals surface area (Å²) in [4.78, 5) is 6.37. The Hall–Kier alpha value is -2.22. The molecule has 2 N–H and O–H groups in total. The van der Waals surface area contributed by atoms with Gasteiger partial charge in [-0.2, -0.15) is 8.78 Å². The molecule has 0 aliphatic carbocycles. The minimum Gasteiger partial charge on any atom is -0.435 e. The van der Waals surface area contributed by atoms with Gasteiger partial charge in [0.05, 0.1) is 11.0 Å². The lowest BCUT2D eigenvalue weighted by molar-refractivity contribution is -0.0498. The highest BCUT2D eigenvalue weighted by Crippen LogP contribution is 2.39. The third-order valence-corrected chi connectivity index (χ3v) is 4.72. The van der Waals surface area contributed by atoms with E-state index in [4.69, 9.17) is 5.73 Å². The number of hydrogen-bond donors (Lipinski definition) is 1. The molecular weight excluding hydrogens is 399 g/mol. The van der Waals surface area contributed by atoms with E-state index in [-0.39, 0.29) is 11.6 Å². The average molecular weight is 414 g/mol. The van der Waals surface area contributed by atoms with Crippen LogP contribution >= 0.6 is 15.9 Å². The molecule has 2 aromatic rings. The molecule has 8 heteroatoms. The third-order valence-electron chi connectivity index (χ3n) is 4.12. The van der Waals surface area contributed by atoms with Crippen molar-refractivity contribution >= 4 is 21.9 Å². The highest BCUT2D eigenvalue weighted by Gasteiger charge is 2.41. The second-order valence-electron chi connectivity index (χ2n) is 5.72. The highest BCUT2D eigenvalue weighted by molar-refractivity contribution is 9.10. The molecule has 0 saturated carbocycles. The van der Waals surface area contributed by atoms with Crippen molar-refractivity contribution in [2.45, 2.75) is 12.2 Å². The second kappa shape index (κ2) is 6.59. The monoisotopic (exact) mass is 413 g/mol. The van der Waals surface area contributed by atoms with Gasteiger partial charge in [0.15, 0.2) is 5.96 Å². The summed E-state index contributed by atoms with van der Waals surface area (Å²) >= 11 is 3.19. The van der Waals surface area contributed by atoms with Gasteiger partial charge in [-0.3, -0.25) is 0 Å². The van der Waals surface area contributed by atoms with Crippen molar-refractivity contribution in [3.8, 4) is 5.75 Å². The van der Waals surface area contributed by atoms with Crippen molar-refractivity contribution in [2.24, 2.45) is 10.7 Å². The van der Waals surface area contributed by atoms with E-state index in [9.17, 15) is 13.2 Å². The van der Waals surface area contributed by atoms with Crippen LogP contribution in [0.4, 0.5) is 13.2 Å². The van der Waals surface area contributed by atoms with Gasteiger partial charge >= 0.3 is 6.61 Å². The number of halogens is 4. The van der Waals surface area contributed by atoms with Crippen LogP contribution in [0.25, 0.3) is 0 Å². The maximum atomic E-state index is 13.6. The number of alkyl halides is 2. The van der Waals surface area contributed by atoms with Gasteiger partial charge in [0, 0.05) is 7.05 Å². The minimum atomic E-state index is -2.89. The zero-order chi connectivity index (χ0) is 18.2. The van der Waals surface area contributed by atoms with Crippen LogP contribution in [0.3, 0.4) is 0 Å². The number of rotatable bonds is 4. The van der Waals surface area contributed by atoms with E-state index in [2.05, 4.69) is 25.7 Å². The van der Waals surface area contributed by atoms with Gasteiger partial charge in [-0.25, -0.2) is 9.38 Å². The first kappa shape index (κ1) is 17.6. The Kier molecular flexibility index (Phi) is 4.64. The first-order chi connectivity index (χ1) is 11.8. The molecule has 0 saturated heterocycles. The minimum absolute atomic E-state index is 0.0532. The predicted molar refractivity (Wildman–Crippen MR) is 92.2 cm³/mol. The van der Waals surface area contributed by atoms with Crippen molar-refractivity contribution in [1.29, 1.82) is 0 Å². The molecular formula is C17H15BrF3N3O. The van der Waals surface area contributed by atoms with Crippen LogP contribution in [0.2, 0.25) is 0 Å². The molecule has 3 rings (SSSR count). The van der Waals surface area contributed by atoms with Gasteiger partial charge < -0.3 is 15.4 Å². The SMILES string of the molecule is CN1C[C@@](c2ccc(OC(F)F)cc2)(c2ccc(F)c(Br)c2)N=C1N. The fourth-order valence-electron chi connectivity index (χ4n) is 2.88. The maximum absolute atomic E-state index is 13.6. The fraction of sp³-hybridized carbons (Fsp3) is 0.235. The number of benzene rings is 2. The van der Waals surface area contributed by atoms with E-state index in [1.54, 1.807) is 36.2 Å². The van der Waals surface area contributed by atoms with Crippen molar-refractivity contribution in [2.75, 3.05) is 13.6 Å². The molecule has 0 amide bonds. The zero-order valence-electron chi connectivity index (χ0n) is 13.2. The topological polar surface area (TPSA) is 50.8 Å². The Balaban J connectivity index is 2.08. The van der Waals surface area contributed by atoms with Gasteiger partial charge in [-0.15, -0.1) is 0 Å². The summed E-state index contributed by atoms with van der Waals surface area (Å²) in [5.74, 6) is 0.00808. The number of nitrogens with zero attached hydrogens (tertiary/aromatic N) is 2. The number of nitrogens with two attached hydrogens (primary N) is 1. The predicted octanol–water partition coefficient (Wildman–Crippen LogP) is 3.69. The molecule has 1 aliphatic heterocycles. The van der Waals surface area contributed by atoms with E-state index in [0.29, 0.717) is 17.0 Å². The van der Waals surface area contributed by atoms with E-state index in [1.807, 2.05) is 0 Å². The number of hydrogen-bond acceptors (Lipinski definition) is 4. The van der Waals surface area contributed by atoms with Gasteiger partial charge in [0.1, 0.15) is 17.1 Å². The van der Waals surface area contributed by atoms with Gasteiger partial charge in [0.2, 0.25) is 0 Å². The first-order valence-electron chi connectivity index (χ1n) is 7.39. The van der Waals surface area contributed by atoms with Crippen molar-refractivity contribution in [3.05, 3.63) is 63.9 Å². The quantitative estimate of drug-likeness (QED) is 0.831. The number of likely N-dealkylation sites (N-methyl/N-ethyl adjacent to an activating group) is 1. The molecule has 132 valence electrons. The molecule has 2 aromatic carbocycles. The van der Waals surface area contributed by atoms with E-state index >= 15 is 0 Å². The maximum Gasteiger partial charge on any atom is 0.387 e. The largest absolute Gasteiger partial charge is 0.435 e. The molecule has 25 heavy (non-hydrogen) atoms. The number of aliphatic imine (C=N–C) groups is 1. The van der Waals surface area contributed by atoms with Gasteiger partial charge in [-0.1, -0.05) is 18.2 Å². The van der Waals surface area contributed by atoms with Crippen LogP contribution in [0.5, 0.6) is 5.75 Å². The van der Waals surface area contributed by atoms with E-state index < -0.39 is 12.2 Å². The van der Waals surface area contributed by atoms with Crippen LogP contribution in [-0.4, -0.2) is 31.1 Å². The van der Waals surface area contributed by atoms with Crippen molar-refractivity contribution in [1.82, 2.24) is 4.90 Å². The molecule has 4 nitrogen and oxygen atoms in total. The summed E-state index contributed by atoms with van der Waals surface area (Å²) in [7, 11) is 1.80. The average Bonchev–Trinajstić information content (AvgIpc) is 2.86. The lowest BCUT2D eigenvalue weighted by Crippen LogP contribution is -2.34. The standard InChI is InChI=1S/C17H15BrF3N3O/c1-24-9-17(23-16(24)22,11-4-7-14(19)13(18)8-11)10-2-5-12(6-3-10)25-15(20)21/h2-8,15H,9H2,1H3,(H2,22,23)/t17-/m1/s1. The van der Waals surface area contributed by atoms with Crippen LogP contribution < -0.4 is 10.5 Å². The Morgan fingerprint density at radius 3 is 2.36 bits per heavy atom. The van der Waals surface area contributed by atoms with E-state index in [0.717, 1.165) is 11.1 Å². The molecule has 0 radical (unpaired) electrons. The molecule has 0 fully saturated rings. The molecule has 0 aromatic heterocycles. The smallest absolute Gasteiger partial charge is 0.387 e. The Labute approximate surface area is 151 Å². The molecule has 0 spiro atoms. The lowest BCUT2D eigenvalue weighted by Gasteiger charge is -2.28. The fourth-order valence-corrected chi connectivity index (χ4v) is 3.26. The van der Waals surface area contributed by atoms with Crippen LogP contribution in [0.1, 0.15) is 11.1 Å². The highest BCUT2D eigenvalue weighted by atomic mass is 79.9. The summed E-state index contributed by atoms with van der Waals surface area (Å²) < 4.78 is 43.0. The van der Waals surface area contributed by atoms with Gasteiger partial charge in [-0.05, 0) is 51.3 Å². The first-order valence-corrected chi connectivity index (χ1v) is 8.18. The van der Waals surface area contributed by atoms with Crippen LogP contribution in [-0.2, 0) is 5.54 Å². The van der Waals surface area contributed by atoms with Crippen LogP contribution in [0, 0.1) is 5.82 Å². The molecule has 0 bridgehead atoms. The Morgan fingerprint density at radius 1 is 1.20 bits per heavy atom. The molecule has 1 atom stereocenters. The normalized spacial score (nSPS) is 20.1. The molecule has 1 aliphatic rings. The van der Waals surface area contributed by atoms with Gasteiger partial charge in [0.25, 0.3) is 0 Å². The Bertz CT molecular complexity index is 813. The molecule has 1 heterocycles. The summed E-state index contributed by atoms with van der Waals surface area (Å²) in [5.41, 5.74) is 6.56. The van der Waals surface area contributed by atoms with Crippen molar-refractivity contribution < 1.29 is 17.9 Å².